The minimum atomic E-state index is -1.06. The van der Waals surface area contributed by atoms with Crippen LogP contribution in [-0.2, 0) is 9.53 Å². The van der Waals surface area contributed by atoms with E-state index in [1.807, 2.05) is 0 Å². The monoisotopic (exact) mass is 197 g/mol. The largest absolute Gasteiger partial charge is 0.468 e. The van der Waals surface area contributed by atoms with Crippen molar-refractivity contribution >= 4 is 5.97 Å². The zero-order valence-electron chi connectivity index (χ0n) is 8.08. The van der Waals surface area contributed by atoms with Crippen molar-refractivity contribution in [3.8, 4) is 0 Å². The fourth-order valence-electron chi connectivity index (χ4n) is 1.16. The summed E-state index contributed by atoms with van der Waals surface area (Å²) < 4.78 is 17.7. The van der Waals surface area contributed by atoms with Crippen LogP contribution < -0.4 is 5.73 Å². The fraction of sp³-hybridized carbons (Fsp3) is 0.300. The standard InChI is InChI=1S/C10H12FNO2/c1-6-3-4-8(11)7(5-6)9(12)10(13)14-2/h3-5,9H,12H2,1-2H3/t9-/m0/s1. The van der Waals surface area contributed by atoms with Crippen molar-refractivity contribution < 1.29 is 13.9 Å². The van der Waals surface area contributed by atoms with Gasteiger partial charge in [0, 0.05) is 5.56 Å². The highest BCUT2D eigenvalue weighted by Crippen LogP contribution is 2.17. The number of carbonyl (C=O) groups is 1. The Labute approximate surface area is 81.7 Å². The third kappa shape index (κ3) is 2.09. The van der Waals surface area contributed by atoms with Gasteiger partial charge < -0.3 is 10.5 Å². The van der Waals surface area contributed by atoms with E-state index >= 15 is 0 Å². The summed E-state index contributed by atoms with van der Waals surface area (Å²) in [5.41, 5.74) is 6.52. The summed E-state index contributed by atoms with van der Waals surface area (Å²) in [6, 6.07) is 3.38. The predicted molar refractivity (Wildman–Crippen MR) is 50.1 cm³/mol. The van der Waals surface area contributed by atoms with Gasteiger partial charge in [-0.2, -0.15) is 0 Å². The Bertz CT molecular complexity index is 352. The number of esters is 1. The van der Waals surface area contributed by atoms with E-state index in [-0.39, 0.29) is 5.56 Å². The average molecular weight is 197 g/mol. The van der Waals surface area contributed by atoms with Crippen molar-refractivity contribution in [2.45, 2.75) is 13.0 Å². The van der Waals surface area contributed by atoms with E-state index in [0.29, 0.717) is 0 Å². The van der Waals surface area contributed by atoms with Crippen LogP contribution in [0.1, 0.15) is 17.2 Å². The van der Waals surface area contributed by atoms with Crippen LogP contribution in [-0.4, -0.2) is 13.1 Å². The molecule has 1 aromatic carbocycles. The zero-order valence-corrected chi connectivity index (χ0v) is 8.08. The first-order valence-corrected chi connectivity index (χ1v) is 4.15. The SMILES string of the molecule is COC(=O)[C@@H](N)c1cc(C)ccc1F. The summed E-state index contributed by atoms with van der Waals surface area (Å²) in [4.78, 5) is 11.1. The van der Waals surface area contributed by atoms with Gasteiger partial charge >= 0.3 is 5.97 Å². The molecule has 0 fully saturated rings. The Morgan fingerprint density at radius 1 is 1.57 bits per heavy atom. The molecule has 4 heteroatoms. The lowest BCUT2D eigenvalue weighted by molar-refractivity contribution is -0.142. The third-order valence-corrected chi connectivity index (χ3v) is 1.94. The maximum atomic E-state index is 13.2. The first-order valence-electron chi connectivity index (χ1n) is 4.15. The molecular formula is C10H12FNO2. The van der Waals surface area contributed by atoms with Gasteiger partial charge in [0.2, 0.25) is 0 Å². The summed E-state index contributed by atoms with van der Waals surface area (Å²) in [7, 11) is 1.22. The summed E-state index contributed by atoms with van der Waals surface area (Å²) in [5.74, 6) is -1.14. The minimum absolute atomic E-state index is 0.164. The van der Waals surface area contributed by atoms with E-state index in [0.717, 1.165) is 5.56 Å². The molecule has 1 aromatic rings. The van der Waals surface area contributed by atoms with Gasteiger partial charge in [0.15, 0.2) is 0 Å². The Balaban J connectivity index is 3.05. The molecule has 0 saturated carbocycles. The van der Waals surface area contributed by atoms with Crippen LogP contribution >= 0.6 is 0 Å². The first-order chi connectivity index (χ1) is 6.56. The zero-order chi connectivity index (χ0) is 10.7. The number of hydrogen-bond acceptors (Lipinski definition) is 3. The maximum Gasteiger partial charge on any atom is 0.327 e. The van der Waals surface area contributed by atoms with Crippen LogP contribution in [0.25, 0.3) is 0 Å². The van der Waals surface area contributed by atoms with Gasteiger partial charge in [-0.3, -0.25) is 4.79 Å². The van der Waals surface area contributed by atoms with Crippen molar-refractivity contribution in [1.29, 1.82) is 0 Å². The minimum Gasteiger partial charge on any atom is -0.468 e. The lowest BCUT2D eigenvalue weighted by atomic mass is 10.0. The Morgan fingerprint density at radius 2 is 2.21 bits per heavy atom. The van der Waals surface area contributed by atoms with Crippen LogP contribution in [0.4, 0.5) is 4.39 Å². The molecule has 0 aromatic heterocycles. The Kier molecular flexibility index (Phi) is 3.19. The van der Waals surface area contributed by atoms with E-state index in [9.17, 15) is 9.18 Å². The quantitative estimate of drug-likeness (QED) is 0.727. The highest BCUT2D eigenvalue weighted by molar-refractivity contribution is 5.77. The third-order valence-electron chi connectivity index (χ3n) is 1.94. The molecule has 0 radical (unpaired) electrons. The normalized spacial score (nSPS) is 12.3. The van der Waals surface area contributed by atoms with E-state index < -0.39 is 17.8 Å². The molecule has 14 heavy (non-hydrogen) atoms. The average Bonchev–Trinajstić information content (AvgIpc) is 2.19. The van der Waals surface area contributed by atoms with Gasteiger partial charge in [-0.05, 0) is 13.0 Å². The molecule has 0 aliphatic heterocycles. The summed E-state index contributed by atoms with van der Waals surface area (Å²) in [6.45, 7) is 1.80. The van der Waals surface area contributed by atoms with Crippen molar-refractivity contribution in [2.24, 2.45) is 5.73 Å². The first kappa shape index (κ1) is 10.7. The second-order valence-electron chi connectivity index (χ2n) is 3.03. The number of ether oxygens (including phenoxy) is 1. The molecule has 0 spiro atoms. The van der Waals surface area contributed by atoms with Gasteiger partial charge in [0.25, 0.3) is 0 Å². The van der Waals surface area contributed by atoms with E-state index in [2.05, 4.69) is 4.74 Å². The molecule has 0 heterocycles. The molecule has 1 rings (SSSR count). The van der Waals surface area contributed by atoms with Gasteiger partial charge in [0.1, 0.15) is 11.9 Å². The summed E-state index contributed by atoms with van der Waals surface area (Å²) >= 11 is 0. The van der Waals surface area contributed by atoms with E-state index in [1.165, 1.54) is 19.2 Å². The van der Waals surface area contributed by atoms with Crippen molar-refractivity contribution in [3.63, 3.8) is 0 Å². The predicted octanol–water partition coefficient (Wildman–Crippen LogP) is 1.31. The van der Waals surface area contributed by atoms with E-state index in [4.69, 9.17) is 5.73 Å². The molecule has 0 aliphatic carbocycles. The second kappa shape index (κ2) is 4.19. The highest BCUT2D eigenvalue weighted by atomic mass is 19.1. The topological polar surface area (TPSA) is 52.3 Å². The number of aryl methyl sites for hydroxylation is 1. The highest BCUT2D eigenvalue weighted by Gasteiger charge is 2.19. The molecule has 0 aliphatic rings. The van der Waals surface area contributed by atoms with Gasteiger partial charge in [0.05, 0.1) is 7.11 Å². The number of hydrogen-bond donors (Lipinski definition) is 1. The number of methoxy groups -OCH3 is 1. The molecule has 3 nitrogen and oxygen atoms in total. The molecule has 76 valence electrons. The van der Waals surface area contributed by atoms with Crippen molar-refractivity contribution in [1.82, 2.24) is 0 Å². The van der Waals surface area contributed by atoms with Gasteiger partial charge in [-0.1, -0.05) is 17.7 Å². The van der Waals surface area contributed by atoms with Crippen molar-refractivity contribution in [2.75, 3.05) is 7.11 Å². The lowest BCUT2D eigenvalue weighted by Gasteiger charge is -2.10. The van der Waals surface area contributed by atoms with Crippen LogP contribution in [0.5, 0.6) is 0 Å². The second-order valence-corrected chi connectivity index (χ2v) is 3.03. The molecule has 0 bridgehead atoms. The van der Waals surface area contributed by atoms with Gasteiger partial charge in [-0.15, -0.1) is 0 Å². The van der Waals surface area contributed by atoms with E-state index in [1.54, 1.807) is 13.0 Å². The molecule has 0 unspecified atom stereocenters. The number of halogens is 1. The molecule has 0 amide bonds. The molecule has 1 atom stereocenters. The van der Waals surface area contributed by atoms with Crippen LogP contribution in [0.2, 0.25) is 0 Å². The number of benzene rings is 1. The van der Waals surface area contributed by atoms with Crippen LogP contribution in [0.3, 0.4) is 0 Å². The Hall–Kier alpha value is -1.42. The van der Waals surface area contributed by atoms with Gasteiger partial charge in [-0.25, -0.2) is 4.39 Å². The Morgan fingerprint density at radius 3 is 2.79 bits per heavy atom. The lowest BCUT2D eigenvalue weighted by Crippen LogP contribution is -2.23. The molecule has 2 N–H and O–H groups in total. The maximum absolute atomic E-state index is 13.2. The number of nitrogens with two attached hydrogens (primary N) is 1. The molecular weight excluding hydrogens is 185 g/mol. The fourth-order valence-corrected chi connectivity index (χ4v) is 1.16. The summed E-state index contributed by atoms with van der Waals surface area (Å²) in [5, 5.41) is 0. The van der Waals surface area contributed by atoms with Crippen LogP contribution in [0, 0.1) is 12.7 Å². The van der Waals surface area contributed by atoms with Crippen molar-refractivity contribution in [3.05, 3.63) is 35.1 Å². The number of carbonyl (C=O) groups excluding carboxylic acids is 1. The van der Waals surface area contributed by atoms with Crippen LogP contribution in [0.15, 0.2) is 18.2 Å². The number of rotatable bonds is 2. The summed E-state index contributed by atoms with van der Waals surface area (Å²) in [6.07, 6.45) is 0. The smallest absolute Gasteiger partial charge is 0.327 e. The molecule has 0 saturated heterocycles.